The first-order valence-corrected chi connectivity index (χ1v) is 6.67. The standard InChI is InChI=1S/C15H23NO3/c1-4-5-6-13(11-15(17)19-3)16-12-7-9-14(18-2)10-8-12/h7-10,13,16H,4-6,11H2,1-3H3. The van der Waals surface area contributed by atoms with E-state index in [1.165, 1.54) is 7.11 Å². The molecule has 4 heteroatoms. The molecule has 0 aliphatic carbocycles. The van der Waals surface area contributed by atoms with E-state index in [4.69, 9.17) is 9.47 Å². The summed E-state index contributed by atoms with van der Waals surface area (Å²) < 4.78 is 9.86. The number of nitrogens with one attached hydrogen (secondary N) is 1. The Morgan fingerprint density at radius 1 is 1.26 bits per heavy atom. The van der Waals surface area contributed by atoms with Gasteiger partial charge in [-0.05, 0) is 30.7 Å². The molecular formula is C15H23NO3. The van der Waals surface area contributed by atoms with Crippen molar-refractivity contribution in [3.8, 4) is 5.75 Å². The topological polar surface area (TPSA) is 47.6 Å². The lowest BCUT2D eigenvalue weighted by molar-refractivity contribution is -0.140. The highest BCUT2D eigenvalue weighted by Gasteiger charge is 2.13. The second-order valence-electron chi connectivity index (χ2n) is 4.49. The maximum atomic E-state index is 11.4. The zero-order valence-electron chi connectivity index (χ0n) is 11.9. The van der Waals surface area contributed by atoms with Crippen LogP contribution >= 0.6 is 0 Å². The Labute approximate surface area is 115 Å². The Balaban J connectivity index is 2.60. The first-order valence-electron chi connectivity index (χ1n) is 6.67. The van der Waals surface area contributed by atoms with Crippen molar-refractivity contribution in [2.75, 3.05) is 19.5 Å². The van der Waals surface area contributed by atoms with Crippen LogP contribution in [-0.4, -0.2) is 26.2 Å². The number of unbranched alkanes of at least 4 members (excludes halogenated alkanes) is 1. The monoisotopic (exact) mass is 265 g/mol. The molecule has 106 valence electrons. The molecule has 4 nitrogen and oxygen atoms in total. The summed E-state index contributed by atoms with van der Waals surface area (Å²) in [7, 11) is 3.07. The van der Waals surface area contributed by atoms with E-state index in [9.17, 15) is 4.79 Å². The lowest BCUT2D eigenvalue weighted by Gasteiger charge is -2.18. The van der Waals surface area contributed by atoms with Crippen LogP contribution in [0.2, 0.25) is 0 Å². The number of anilines is 1. The van der Waals surface area contributed by atoms with Crippen molar-refractivity contribution in [2.24, 2.45) is 0 Å². The zero-order chi connectivity index (χ0) is 14.1. The summed E-state index contributed by atoms with van der Waals surface area (Å²) in [5, 5.41) is 3.37. The molecule has 0 heterocycles. The van der Waals surface area contributed by atoms with Crippen LogP contribution in [0.15, 0.2) is 24.3 Å². The van der Waals surface area contributed by atoms with Gasteiger partial charge < -0.3 is 14.8 Å². The fourth-order valence-electron chi connectivity index (χ4n) is 1.88. The highest BCUT2D eigenvalue weighted by atomic mass is 16.5. The second-order valence-corrected chi connectivity index (χ2v) is 4.49. The third-order valence-electron chi connectivity index (χ3n) is 3.01. The number of esters is 1. The van der Waals surface area contributed by atoms with Crippen LogP contribution in [0.4, 0.5) is 5.69 Å². The minimum Gasteiger partial charge on any atom is -0.497 e. The van der Waals surface area contributed by atoms with Gasteiger partial charge in [0.15, 0.2) is 0 Å². The summed E-state index contributed by atoms with van der Waals surface area (Å²) in [5.41, 5.74) is 0.991. The van der Waals surface area contributed by atoms with Crippen molar-refractivity contribution in [1.29, 1.82) is 0 Å². The maximum Gasteiger partial charge on any atom is 0.307 e. The minimum absolute atomic E-state index is 0.112. The van der Waals surface area contributed by atoms with Crippen molar-refractivity contribution in [2.45, 2.75) is 38.6 Å². The molecule has 0 aliphatic rings. The van der Waals surface area contributed by atoms with Crippen molar-refractivity contribution < 1.29 is 14.3 Å². The average molecular weight is 265 g/mol. The quantitative estimate of drug-likeness (QED) is 0.733. The Hall–Kier alpha value is -1.71. The molecular weight excluding hydrogens is 242 g/mol. The van der Waals surface area contributed by atoms with Gasteiger partial charge in [-0.3, -0.25) is 4.79 Å². The van der Waals surface area contributed by atoms with Crippen molar-refractivity contribution in [1.82, 2.24) is 0 Å². The highest BCUT2D eigenvalue weighted by Crippen LogP contribution is 2.18. The van der Waals surface area contributed by atoms with Crippen molar-refractivity contribution in [3.63, 3.8) is 0 Å². The SMILES string of the molecule is CCCCC(CC(=O)OC)Nc1ccc(OC)cc1. The van der Waals surface area contributed by atoms with Crippen LogP contribution in [0.5, 0.6) is 5.75 Å². The first-order chi connectivity index (χ1) is 9.19. The van der Waals surface area contributed by atoms with E-state index in [1.807, 2.05) is 24.3 Å². The third kappa shape index (κ3) is 5.64. The summed E-state index contributed by atoms with van der Waals surface area (Å²) in [6.45, 7) is 2.14. The Morgan fingerprint density at radius 2 is 1.95 bits per heavy atom. The minimum atomic E-state index is -0.179. The zero-order valence-corrected chi connectivity index (χ0v) is 11.9. The molecule has 1 aromatic rings. The van der Waals surface area contributed by atoms with Crippen LogP contribution in [0, 0.1) is 0 Å². The number of benzene rings is 1. The van der Waals surface area contributed by atoms with Gasteiger partial charge in [0.05, 0.1) is 20.6 Å². The van der Waals surface area contributed by atoms with Gasteiger partial charge in [-0.1, -0.05) is 19.8 Å². The molecule has 0 radical (unpaired) electrons. The summed E-state index contributed by atoms with van der Waals surface area (Å²) >= 11 is 0. The maximum absolute atomic E-state index is 11.4. The molecule has 0 amide bonds. The Morgan fingerprint density at radius 3 is 2.47 bits per heavy atom. The molecule has 0 aromatic heterocycles. The molecule has 1 aromatic carbocycles. The lowest BCUT2D eigenvalue weighted by Crippen LogP contribution is -2.23. The molecule has 0 spiro atoms. The summed E-state index contributed by atoms with van der Waals surface area (Å²) in [6.07, 6.45) is 3.55. The summed E-state index contributed by atoms with van der Waals surface area (Å²) in [4.78, 5) is 11.4. The molecule has 0 saturated heterocycles. The highest BCUT2D eigenvalue weighted by molar-refractivity contribution is 5.70. The predicted octanol–water partition coefficient (Wildman–Crippen LogP) is 3.23. The fraction of sp³-hybridized carbons (Fsp3) is 0.533. The lowest BCUT2D eigenvalue weighted by atomic mass is 10.1. The fourth-order valence-corrected chi connectivity index (χ4v) is 1.88. The molecule has 19 heavy (non-hydrogen) atoms. The molecule has 1 unspecified atom stereocenters. The number of hydrogen-bond donors (Lipinski definition) is 1. The van der Waals surface area contributed by atoms with Gasteiger partial charge in [0.2, 0.25) is 0 Å². The molecule has 0 saturated carbocycles. The van der Waals surface area contributed by atoms with Crippen LogP contribution in [0.3, 0.4) is 0 Å². The van der Waals surface area contributed by atoms with Crippen LogP contribution in [-0.2, 0) is 9.53 Å². The number of ether oxygens (including phenoxy) is 2. The smallest absolute Gasteiger partial charge is 0.307 e. The number of methoxy groups -OCH3 is 2. The second kappa shape index (κ2) is 8.40. The molecule has 0 fully saturated rings. The van der Waals surface area contributed by atoms with Gasteiger partial charge in [0, 0.05) is 11.7 Å². The van der Waals surface area contributed by atoms with E-state index in [-0.39, 0.29) is 12.0 Å². The molecule has 1 N–H and O–H groups in total. The van der Waals surface area contributed by atoms with Crippen molar-refractivity contribution in [3.05, 3.63) is 24.3 Å². The van der Waals surface area contributed by atoms with Crippen molar-refractivity contribution >= 4 is 11.7 Å². The Kier molecular flexibility index (Phi) is 6.79. The van der Waals surface area contributed by atoms with E-state index >= 15 is 0 Å². The average Bonchev–Trinajstić information content (AvgIpc) is 2.45. The molecule has 1 rings (SSSR count). The number of carbonyl (C=O) groups excluding carboxylic acids is 1. The van der Waals surface area contributed by atoms with Gasteiger partial charge in [0.25, 0.3) is 0 Å². The van der Waals surface area contributed by atoms with Gasteiger partial charge in [-0.2, -0.15) is 0 Å². The number of hydrogen-bond acceptors (Lipinski definition) is 4. The number of carbonyl (C=O) groups is 1. The molecule has 0 bridgehead atoms. The van der Waals surface area contributed by atoms with Gasteiger partial charge >= 0.3 is 5.97 Å². The van der Waals surface area contributed by atoms with Crippen LogP contribution in [0.25, 0.3) is 0 Å². The molecule has 0 aliphatic heterocycles. The third-order valence-corrected chi connectivity index (χ3v) is 3.01. The number of rotatable bonds is 8. The van der Waals surface area contributed by atoms with E-state index in [0.29, 0.717) is 6.42 Å². The van der Waals surface area contributed by atoms with E-state index < -0.39 is 0 Å². The largest absolute Gasteiger partial charge is 0.497 e. The van der Waals surface area contributed by atoms with E-state index in [0.717, 1.165) is 30.7 Å². The summed E-state index contributed by atoms with van der Waals surface area (Å²) in [5.74, 6) is 0.644. The first kappa shape index (κ1) is 15.3. The molecule has 1 atom stereocenters. The van der Waals surface area contributed by atoms with Gasteiger partial charge in [0.1, 0.15) is 5.75 Å². The van der Waals surface area contributed by atoms with E-state index in [2.05, 4.69) is 12.2 Å². The van der Waals surface area contributed by atoms with Gasteiger partial charge in [-0.15, -0.1) is 0 Å². The Bertz CT molecular complexity index is 375. The van der Waals surface area contributed by atoms with E-state index in [1.54, 1.807) is 7.11 Å². The summed E-state index contributed by atoms with van der Waals surface area (Å²) in [6, 6.07) is 7.82. The predicted molar refractivity (Wildman–Crippen MR) is 76.6 cm³/mol. The van der Waals surface area contributed by atoms with Crippen LogP contribution in [0.1, 0.15) is 32.6 Å². The van der Waals surface area contributed by atoms with Gasteiger partial charge in [-0.25, -0.2) is 0 Å². The normalized spacial score (nSPS) is 11.7. The van der Waals surface area contributed by atoms with Crippen LogP contribution < -0.4 is 10.1 Å².